The molecule has 0 saturated carbocycles. The molecule has 1 atom stereocenters. The van der Waals surface area contributed by atoms with E-state index in [-0.39, 0.29) is 11.9 Å². The highest BCUT2D eigenvalue weighted by Crippen LogP contribution is 2.11. The number of rotatable bonds is 8. The SMILES string of the molecule is COCCNC(=O)C(C)NCc1ccc(C(N)=O)cc1C. The largest absolute Gasteiger partial charge is 0.383 e. The Morgan fingerprint density at radius 3 is 2.67 bits per heavy atom. The third-order valence-corrected chi connectivity index (χ3v) is 3.22. The Bertz CT molecular complexity index is 503. The van der Waals surface area contributed by atoms with Crippen LogP contribution in [-0.2, 0) is 16.1 Å². The predicted molar refractivity (Wildman–Crippen MR) is 80.9 cm³/mol. The highest BCUT2D eigenvalue weighted by Gasteiger charge is 2.12. The maximum absolute atomic E-state index is 11.8. The Labute approximate surface area is 125 Å². The number of benzene rings is 1. The highest BCUT2D eigenvalue weighted by atomic mass is 16.5. The number of amides is 2. The van der Waals surface area contributed by atoms with Gasteiger partial charge < -0.3 is 21.1 Å². The molecule has 6 heteroatoms. The number of hydrogen-bond acceptors (Lipinski definition) is 4. The van der Waals surface area contributed by atoms with Crippen molar-refractivity contribution in [3.05, 3.63) is 34.9 Å². The molecular weight excluding hydrogens is 270 g/mol. The number of hydrogen-bond donors (Lipinski definition) is 3. The number of ether oxygens (including phenoxy) is 1. The van der Waals surface area contributed by atoms with E-state index in [1.165, 1.54) is 0 Å². The minimum Gasteiger partial charge on any atom is -0.383 e. The molecule has 1 rings (SSSR count). The lowest BCUT2D eigenvalue weighted by molar-refractivity contribution is -0.123. The first kappa shape index (κ1) is 17.1. The number of primary amides is 1. The van der Waals surface area contributed by atoms with Gasteiger partial charge in [0.25, 0.3) is 0 Å². The lowest BCUT2D eigenvalue weighted by atomic mass is 10.0. The summed E-state index contributed by atoms with van der Waals surface area (Å²) in [5.41, 5.74) is 7.71. The third-order valence-electron chi connectivity index (χ3n) is 3.22. The van der Waals surface area contributed by atoms with Gasteiger partial charge in [0, 0.05) is 25.8 Å². The van der Waals surface area contributed by atoms with Gasteiger partial charge in [0.2, 0.25) is 11.8 Å². The van der Waals surface area contributed by atoms with Crippen LogP contribution in [0.2, 0.25) is 0 Å². The molecule has 21 heavy (non-hydrogen) atoms. The molecule has 1 unspecified atom stereocenters. The van der Waals surface area contributed by atoms with Crippen molar-refractivity contribution in [1.29, 1.82) is 0 Å². The fraction of sp³-hybridized carbons (Fsp3) is 0.467. The van der Waals surface area contributed by atoms with Gasteiger partial charge in [-0.3, -0.25) is 9.59 Å². The summed E-state index contributed by atoms with van der Waals surface area (Å²) in [6, 6.07) is 4.98. The molecule has 116 valence electrons. The van der Waals surface area contributed by atoms with E-state index in [1.54, 1.807) is 26.2 Å². The molecule has 0 fully saturated rings. The Morgan fingerprint density at radius 1 is 1.38 bits per heavy atom. The Kier molecular flexibility index (Phi) is 6.84. The summed E-state index contributed by atoms with van der Waals surface area (Å²) in [5.74, 6) is -0.512. The molecule has 0 aliphatic rings. The van der Waals surface area contributed by atoms with Gasteiger partial charge in [-0.1, -0.05) is 6.07 Å². The van der Waals surface area contributed by atoms with Crippen LogP contribution in [0.25, 0.3) is 0 Å². The zero-order chi connectivity index (χ0) is 15.8. The molecule has 0 bridgehead atoms. The van der Waals surface area contributed by atoms with Gasteiger partial charge in [0.1, 0.15) is 0 Å². The number of nitrogens with two attached hydrogens (primary N) is 1. The fourth-order valence-corrected chi connectivity index (χ4v) is 1.83. The fourth-order valence-electron chi connectivity index (χ4n) is 1.83. The van der Waals surface area contributed by atoms with E-state index < -0.39 is 5.91 Å². The predicted octanol–water partition coefficient (Wildman–Crippen LogP) is 0.335. The summed E-state index contributed by atoms with van der Waals surface area (Å²) in [7, 11) is 1.59. The van der Waals surface area contributed by atoms with Crippen LogP contribution in [0.15, 0.2) is 18.2 Å². The van der Waals surface area contributed by atoms with Crippen molar-refractivity contribution in [3.8, 4) is 0 Å². The number of carbonyl (C=O) groups excluding carboxylic acids is 2. The summed E-state index contributed by atoms with van der Waals surface area (Å²) >= 11 is 0. The smallest absolute Gasteiger partial charge is 0.248 e. The summed E-state index contributed by atoms with van der Waals surface area (Å²) in [6.07, 6.45) is 0. The van der Waals surface area contributed by atoms with Crippen LogP contribution in [-0.4, -0.2) is 38.1 Å². The molecule has 0 aliphatic carbocycles. The summed E-state index contributed by atoms with van der Waals surface area (Å²) in [6.45, 7) is 5.24. The van der Waals surface area contributed by atoms with Crippen molar-refractivity contribution < 1.29 is 14.3 Å². The second-order valence-electron chi connectivity index (χ2n) is 4.89. The molecule has 0 radical (unpaired) electrons. The monoisotopic (exact) mass is 293 g/mol. The van der Waals surface area contributed by atoms with Gasteiger partial charge in [-0.25, -0.2) is 0 Å². The van der Waals surface area contributed by atoms with E-state index in [4.69, 9.17) is 10.5 Å². The lowest BCUT2D eigenvalue weighted by Gasteiger charge is -2.15. The number of carbonyl (C=O) groups is 2. The maximum atomic E-state index is 11.8. The molecule has 0 heterocycles. The zero-order valence-corrected chi connectivity index (χ0v) is 12.7. The Morgan fingerprint density at radius 2 is 2.10 bits per heavy atom. The molecule has 0 spiro atoms. The minimum atomic E-state index is -0.441. The first-order valence-corrected chi connectivity index (χ1v) is 6.85. The van der Waals surface area contributed by atoms with E-state index in [2.05, 4.69) is 10.6 Å². The Balaban J connectivity index is 2.51. The molecule has 4 N–H and O–H groups in total. The van der Waals surface area contributed by atoms with Gasteiger partial charge >= 0.3 is 0 Å². The van der Waals surface area contributed by atoms with E-state index in [9.17, 15) is 9.59 Å². The number of nitrogens with one attached hydrogen (secondary N) is 2. The van der Waals surface area contributed by atoms with Gasteiger partial charge in [-0.15, -0.1) is 0 Å². The van der Waals surface area contributed by atoms with Crippen molar-refractivity contribution >= 4 is 11.8 Å². The molecular formula is C15H23N3O3. The standard InChI is InChI=1S/C15H23N3O3/c1-10-8-12(14(16)19)4-5-13(10)9-18-11(2)15(20)17-6-7-21-3/h4-5,8,11,18H,6-7,9H2,1-3H3,(H2,16,19)(H,17,20). The van der Waals surface area contributed by atoms with Crippen LogP contribution >= 0.6 is 0 Å². The molecule has 0 aliphatic heterocycles. The van der Waals surface area contributed by atoms with Crippen LogP contribution in [0, 0.1) is 6.92 Å². The van der Waals surface area contributed by atoms with Crippen molar-refractivity contribution in [1.82, 2.24) is 10.6 Å². The lowest BCUT2D eigenvalue weighted by Crippen LogP contribution is -2.42. The van der Waals surface area contributed by atoms with Crippen LogP contribution < -0.4 is 16.4 Å². The second kappa shape index (κ2) is 8.39. The van der Waals surface area contributed by atoms with Gasteiger partial charge in [0.05, 0.1) is 12.6 Å². The summed E-state index contributed by atoms with van der Waals surface area (Å²) in [4.78, 5) is 22.9. The average Bonchev–Trinajstić information content (AvgIpc) is 2.45. The van der Waals surface area contributed by atoms with E-state index in [1.807, 2.05) is 13.0 Å². The van der Waals surface area contributed by atoms with Crippen molar-refractivity contribution in [2.75, 3.05) is 20.3 Å². The van der Waals surface area contributed by atoms with Crippen molar-refractivity contribution in [2.45, 2.75) is 26.4 Å². The van der Waals surface area contributed by atoms with Crippen LogP contribution in [0.4, 0.5) is 0 Å². The van der Waals surface area contributed by atoms with Gasteiger partial charge in [-0.05, 0) is 37.1 Å². The molecule has 1 aromatic rings. The molecule has 2 amide bonds. The summed E-state index contributed by atoms with van der Waals surface area (Å²) < 4.78 is 4.87. The van der Waals surface area contributed by atoms with E-state index in [0.717, 1.165) is 11.1 Å². The van der Waals surface area contributed by atoms with Crippen molar-refractivity contribution in [2.24, 2.45) is 5.73 Å². The summed E-state index contributed by atoms with van der Waals surface area (Å²) in [5, 5.41) is 5.92. The Hall–Kier alpha value is -1.92. The average molecular weight is 293 g/mol. The zero-order valence-electron chi connectivity index (χ0n) is 12.7. The van der Waals surface area contributed by atoms with Crippen LogP contribution in [0.3, 0.4) is 0 Å². The topological polar surface area (TPSA) is 93.4 Å². The number of aryl methyl sites for hydroxylation is 1. The van der Waals surface area contributed by atoms with Gasteiger partial charge in [0.15, 0.2) is 0 Å². The number of methoxy groups -OCH3 is 1. The van der Waals surface area contributed by atoms with Gasteiger partial charge in [-0.2, -0.15) is 0 Å². The third kappa shape index (κ3) is 5.53. The minimum absolute atomic E-state index is 0.0709. The highest BCUT2D eigenvalue weighted by molar-refractivity contribution is 5.93. The molecule has 1 aromatic carbocycles. The maximum Gasteiger partial charge on any atom is 0.248 e. The van der Waals surface area contributed by atoms with Crippen molar-refractivity contribution in [3.63, 3.8) is 0 Å². The van der Waals surface area contributed by atoms with E-state index in [0.29, 0.717) is 25.3 Å². The molecule has 0 saturated heterocycles. The molecule has 6 nitrogen and oxygen atoms in total. The first-order valence-electron chi connectivity index (χ1n) is 6.85. The second-order valence-corrected chi connectivity index (χ2v) is 4.89. The molecule has 0 aromatic heterocycles. The first-order chi connectivity index (χ1) is 9.95. The normalized spacial score (nSPS) is 12.0. The van der Waals surface area contributed by atoms with Crippen LogP contribution in [0.1, 0.15) is 28.4 Å². The van der Waals surface area contributed by atoms with Crippen LogP contribution in [0.5, 0.6) is 0 Å². The van der Waals surface area contributed by atoms with E-state index >= 15 is 0 Å². The quantitative estimate of drug-likeness (QED) is 0.602.